The zero-order valence-electron chi connectivity index (χ0n) is 9.47. The summed E-state index contributed by atoms with van der Waals surface area (Å²) in [6.45, 7) is 10.3. The van der Waals surface area contributed by atoms with Gasteiger partial charge in [0, 0.05) is 19.5 Å². The molecular weight excluding hydrogens is 162 g/mol. The van der Waals surface area contributed by atoms with Gasteiger partial charge in [0.2, 0.25) is 5.91 Å². The van der Waals surface area contributed by atoms with E-state index >= 15 is 0 Å². The normalized spacial score (nSPS) is 10.5. The lowest BCUT2D eigenvalue weighted by Gasteiger charge is -2.23. The van der Waals surface area contributed by atoms with Crippen LogP contribution in [0.15, 0.2) is 0 Å². The van der Waals surface area contributed by atoms with Crippen LogP contribution in [-0.4, -0.2) is 23.9 Å². The van der Waals surface area contributed by atoms with Crippen LogP contribution in [0.4, 0.5) is 0 Å². The Labute approximate surface area is 82.3 Å². The predicted octanol–water partition coefficient (Wildman–Crippen LogP) is 2.68. The fraction of sp³-hybridized carbons (Fsp3) is 0.909. The molecule has 78 valence electrons. The molecule has 0 aliphatic rings. The van der Waals surface area contributed by atoms with Gasteiger partial charge in [-0.2, -0.15) is 0 Å². The molecule has 0 aliphatic heterocycles. The maximum atomic E-state index is 11.6. The minimum atomic E-state index is 0.318. The molecule has 0 aromatic carbocycles. The quantitative estimate of drug-likeness (QED) is 0.623. The summed E-state index contributed by atoms with van der Waals surface area (Å²) in [5.74, 6) is 0.894. The van der Waals surface area contributed by atoms with Gasteiger partial charge >= 0.3 is 0 Å². The Morgan fingerprint density at radius 2 is 1.85 bits per heavy atom. The van der Waals surface area contributed by atoms with Gasteiger partial charge in [0.15, 0.2) is 0 Å². The van der Waals surface area contributed by atoms with Crippen LogP contribution < -0.4 is 0 Å². The van der Waals surface area contributed by atoms with Crippen molar-refractivity contribution < 1.29 is 4.79 Å². The molecule has 1 amide bonds. The van der Waals surface area contributed by atoms with Gasteiger partial charge in [0.05, 0.1) is 0 Å². The SMILES string of the molecule is CCCC(=O)N(CCC)CC(C)C. The Morgan fingerprint density at radius 1 is 1.23 bits per heavy atom. The van der Waals surface area contributed by atoms with E-state index in [1.165, 1.54) is 0 Å². The van der Waals surface area contributed by atoms with Crippen LogP contribution in [0.2, 0.25) is 0 Å². The van der Waals surface area contributed by atoms with Gasteiger partial charge in [-0.15, -0.1) is 0 Å². The first-order valence-corrected chi connectivity index (χ1v) is 5.39. The average molecular weight is 185 g/mol. The largest absolute Gasteiger partial charge is 0.342 e. The standard InChI is InChI=1S/C11H23NO/c1-5-7-11(13)12(8-6-2)9-10(3)4/h10H,5-9H2,1-4H3. The second kappa shape index (κ2) is 6.93. The Morgan fingerprint density at radius 3 is 2.23 bits per heavy atom. The summed E-state index contributed by atoms with van der Waals surface area (Å²) >= 11 is 0. The highest BCUT2D eigenvalue weighted by Crippen LogP contribution is 2.03. The van der Waals surface area contributed by atoms with E-state index in [0.717, 1.165) is 25.9 Å². The molecule has 0 N–H and O–H groups in total. The van der Waals surface area contributed by atoms with E-state index < -0.39 is 0 Å². The minimum absolute atomic E-state index is 0.318. The molecule has 2 heteroatoms. The summed E-state index contributed by atoms with van der Waals surface area (Å²) < 4.78 is 0. The summed E-state index contributed by atoms with van der Waals surface area (Å²) in [7, 11) is 0. The van der Waals surface area contributed by atoms with Crippen molar-refractivity contribution in [1.82, 2.24) is 4.90 Å². The van der Waals surface area contributed by atoms with Gasteiger partial charge in [-0.05, 0) is 18.8 Å². The van der Waals surface area contributed by atoms with Crippen LogP contribution in [0, 0.1) is 5.92 Å². The molecule has 0 atom stereocenters. The van der Waals surface area contributed by atoms with E-state index in [-0.39, 0.29) is 0 Å². The summed E-state index contributed by atoms with van der Waals surface area (Å²) in [4.78, 5) is 13.6. The smallest absolute Gasteiger partial charge is 0.222 e. The third-order valence-corrected chi connectivity index (χ3v) is 1.90. The van der Waals surface area contributed by atoms with Crippen molar-refractivity contribution in [3.8, 4) is 0 Å². The zero-order chi connectivity index (χ0) is 10.3. The van der Waals surface area contributed by atoms with Crippen LogP contribution in [0.3, 0.4) is 0 Å². The van der Waals surface area contributed by atoms with E-state index in [0.29, 0.717) is 18.2 Å². The lowest BCUT2D eigenvalue weighted by Crippen LogP contribution is -2.34. The van der Waals surface area contributed by atoms with Crippen molar-refractivity contribution in [2.75, 3.05) is 13.1 Å². The molecule has 0 heterocycles. The van der Waals surface area contributed by atoms with Crippen molar-refractivity contribution in [1.29, 1.82) is 0 Å². The van der Waals surface area contributed by atoms with Gasteiger partial charge in [-0.25, -0.2) is 0 Å². The maximum Gasteiger partial charge on any atom is 0.222 e. The molecule has 0 saturated carbocycles. The average Bonchev–Trinajstić information content (AvgIpc) is 2.03. The molecule has 0 bridgehead atoms. The first kappa shape index (κ1) is 12.5. The third-order valence-electron chi connectivity index (χ3n) is 1.90. The highest BCUT2D eigenvalue weighted by molar-refractivity contribution is 5.76. The zero-order valence-corrected chi connectivity index (χ0v) is 9.47. The van der Waals surface area contributed by atoms with Crippen molar-refractivity contribution >= 4 is 5.91 Å². The Bertz CT molecular complexity index is 143. The molecule has 0 fully saturated rings. The minimum Gasteiger partial charge on any atom is -0.342 e. The lowest BCUT2D eigenvalue weighted by atomic mass is 10.2. The van der Waals surface area contributed by atoms with Crippen molar-refractivity contribution in [3.05, 3.63) is 0 Å². The Hall–Kier alpha value is -0.530. The second-order valence-corrected chi connectivity index (χ2v) is 3.98. The fourth-order valence-electron chi connectivity index (χ4n) is 1.40. The molecular formula is C11H23NO. The van der Waals surface area contributed by atoms with Gasteiger partial charge in [0.25, 0.3) is 0 Å². The summed E-state index contributed by atoms with van der Waals surface area (Å²) in [6, 6.07) is 0. The highest BCUT2D eigenvalue weighted by atomic mass is 16.2. The number of hydrogen-bond acceptors (Lipinski definition) is 1. The van der Waals surface area contributed by atoms with Crippen LogP contribution in [0.25, 0.3) is 0 Å². The van der Waals surface area contributed by atoms with Gasteiger partial charge in [0.1, 0.15) is 0 Å². The number of carbonyl (C=O) groups is 1. The third kappa shape index (κ3) is 5.67. The molecule has 0 spiro atoms. The van der Waals surface area contributed by atoms with Crippen LogP contribution in [0.5, 0.6) is 0 Å². The van der Waals surface area contributed by atoms with E-state index in [4.69, 9.17) is 0 Å². The molecule has 0 saturated heterocycles. The molecule has 0 unspecified atom stereocenters. The molecule has 0 aromatic rings. The highest BCUT2D eigenvalue weighted by Gasteiger charge is 2.12. The second-order valence-electron chi connectivity index (χ2n) is 3.98. The maximum absolute atomic E-state index is 11.6. The van der Waals surface area contributed by atoms with E-state index in [1.807, 2.05) is 4.90 Å². The number of rotatable bonds is 6. The molecule has 0 radical (unpaired) electrons. The van der Waals surface area contributed by atoms with Crippen LogP contribution >= 0.6 is 0 Å². The van der Waals surface area contributed by atoms with Crippen LogP contribution in [0.1, 0.15) is 47.0 Å². The Balaban J connectivity index is 3.98. The van der Waals surface area contributed by atoms with Crippen LogP contribution in [-0.2, 0) is 4.79 Å². The number of nitrogens with zero attached hydrogens (tertiary/aromatic N) is 1. The van der Waals surface area contributed by atoms with Crippen molar-refractivity contribution in [3.63, 3.8) is 0 Å². The van der Waals surface area contributed by atoms with E-state index in [9.17, 15) is 4.79 Å². The first-order valence-electron chi connectivity index (χ1n) is 5.39. The number of hydrogen-bond donors (Lipinski definition) is 0. The number of carbonyl (C=O) groups excluding carboxylic acids is 1. The molecule has 0 aliphatic carbocycles. The van der Waals surface area contributed by atoms with Crippen molar-refractivity contribution in [2.45, 2.75) is 47.0 Å². The fourth-order valence-corrected chi connectivity index (χ4v) is 1.40. The van der Waals surface area contributed by atoms with E-state index in [1.54, 1.807) is 0 Å². The lowest BCUT2D eigenvalue weighted by molar-refractivity contribution is -0.131. The summed E-state index contributed by atoms with van der Waals surface area (Å²) in [5.41, 5.74) is 0. The van der Waals surface area contributed by atoms with E-state index in [2.05, 4.69) is 27.7 Å². The van der Waals surface area contributed by atoms with Gasteiger partial charge in [-0.3, -0.25) is 4.79 Å². The monoisotopic (exact) mass is 185 g/mol. The molecule has 0 rings (SSSR count). The molecule has 2 nitrogen and oxygen atoms in total. The summed E-state index contributed by atoms with van der Waals surface area (Å²) in [6.07, 6.45) is 2.71. The Kier molecular flexibility index (Phi) is 6.65. The van der Waals surface area contributed by atoms with Crippen molar-refractivity contribution in [2.24, 2.45) is 5.92 Å². The first-order chi connectivity index (χ1) is 6.11. The molecule has 0 aromatic heterocycles. The van der Waals surface area contributed by atoms with Gasteiger partial charge in [-0.1, -0.05) is 27.7 Å². The predicted molar refractivity (Wildman–Crippen MR) is 56.6 cm³/mol. The van der Waals surface area contributed by atoms with Gasteiger partial charge < -0.3 is 4.90 Å². The number of amides is 1. The summed E-state index contributed by atoms with van der Waals surface area (Å²) in [5, 5.41) is 0. The molecule has 13 heavy (non-hydrogen) atoms. The topological polar surface area (TPSA) is 20.3 Å².